The number of hydrogen-bond donors (Lipinski definition) is 2. The standard InChI is InChI=1S/C22H32N2O2/c1-18-17-24(12-5-13-26-18)11-4-10-23-16-22(25)15-19-8-9-20-6-2-3-7-21(20)14-19/h2-3,6-9,14,18,22-23,25H,4-5,10-13,15-17H2,1H3. The second-order valence-electron chi connectivity index (χ2n) is 7.43. The van der Waals surface area contributed by atoms with E-state index in [0.29, 0.717) is 19.1 Å². The van der Waals surface area contributed by atoms with Crippen LogP contribution in [0.15, 0.2) is 42.5 Å². The number of ether oxygens (including phenoxy) is 1. The Morgan fingerprint density at radius 3 is 2.96 bits per heavy atom. The molecule has 1 heterocycles. The molecule has 0 saturated carbocycles. The molecule has 0 radical (unpaired) electrons. The fourth-order valence-corrected chi connectivity index (χ4v) is 3.69. The van der Waals surface area contributed by atoms with Gasteiger partial charge < -0.3 is 20.1 Å². The van der Waals surface area contributed by atoms with Gasteiger partial charge in [0.25, 0.3) is 0 Å². The molecule has 1 saturated heterocycles. The molecule has 2 aromatic carbocycles. The smallest absolute Gasteiger partial charge is 0.0704 e. The van der Waals surface area contributed by atoms with Crippen molar-refractivity contribution in [1.82, 2.24) is 10.2 Å². The quantitative estimate of drug-likeness (QED) is 0.714. The highest BCUT2D eigenvalue weighted by Crippen LogP contribution is 2.16. The molecule has 2 aromatic rings. The Hall–Kier alpha value is -1.46. The molecule has 0 spiro atoms. The summed E-state index contributed by atoms with van der Waals surface area (Å²) in [7, 11) is 0. The number of hydrogen-bond acceptors (Lipinski definition) is 4. The number of aliphatic hydroxyl groups excluding tert-OH is 1. The fourth-order valence-electron chi connectivity index (χ4n) is 3.69. The number of nitrogens with one attached hydrogen (secondary N) is 1. The third-order valence-electron chi connectivity index (χ3n) is 5.03. The van der Waals surface area contributed by atoms with Crippen molar-refractivity contribution < 1.29 is 9.84 Å². The SMILES string of the molecule is CC1CN(CCCNCC(O)Cc2ccc3ccccc3c2)CCCO1. The summed E-state index contributed by atoms with van der Waals surface area (Å²) in [5, 5.41) is 16.2. The Bertz CT molecular complexity index is 676. The zero-order chi connectivity index (χ0) is 18.2. The zero-order valence-electron chi connectivity index (χ0n) is 15.9. The van der Waals surface area contributed by atoms with Crippen LogP contribution in [0.3, 0.4) is 0 Å². The molecule has 2 atom stereocenters. The first-order chi connectivity index (χ1) is 12.7. The predicted molar refractivity (Wildman–Crippen MR) is 108 cm³/mol. The molecule has 142 valence electrons. The van der Waals surface area contributed by atoms with Crippen LogP contribution >= 0.6 is 0 Å². The van der Waals surface area contributed by atoms with Crippen LogP contribution in [0.4, 0.5) is 0 Å². The first kappa shape index (κ1) is 19.3. The van der Waals surface area contributed by atoms with Crippen LogP contribution in [0.25, 0.3) is 10.8 Å². The van der Waals surface area contributed by atoms with Crippen molar-refractivity contribution in [2.45, 2.75) is 38.4 Å². The number of fused-ring (bicyclic) bond motifs is 1. The molecule has 0 amide bonds. The van der Waals surface area contributed by atoms with Crippen LogP contribution in [0.1, 0.15) is 25.3 Å². The van der Waals surface area contributed by atoms with Crippen LogP contribution in [0.2, 0.25) is 0 Å². The van der Waals surface area contributed by atoms with Crippen LogP contribution < -0.4 is 5.32 Å². The predicted octanol–water partition coefficient (Wildman–Crippen LogP) is 2.83. The van der Waals surface area contributed by atoms with Crippen LogP contribution in [-0.2, 0) is 11.2 Å². The van der Waals surface area contributed by atoms with E-state index in [1.54, 1.807) is 0 Å². The molecule has 1 fully saturated rings. The largest absolute Gasteiger partial charge is 0.391 e. The summed E-state index contributed by atoms with van der Waals surface area (Å²) in [5.74, 6) is 0. The average Bonchev–Trinajstić information content (AvgIpc) is 2.85. The summed E-state index contributed by atoms with van der Waals surface area (Å²) >= 11 is 0. The number of benzene rings is 2. The monoisotopic (exact) mass is 356 g/mol. The van der Waals surface area contributed by atoms with Crippen molar-refractivity contribution in [2.75, 3.05) is 39.3 Å². The summed E-state index contributed by atoms with van der Waals surface area (Å²) in [4.78, 5) is 2.49. The maximum Gasteiger partial charge on any atom is 0.0704 e. The summed E-state index contributed by atoms with van der Waals surface area (Å²) in [5.41, 5.74) is 1.19. The third kappa shape index (κ3) is 6.06. The highest BCUT2D eigenvalue weighted by Gasteiger charge is 2.14. The van der Waals surface area contributed by atoms with Gasteiger partial charge in [-0.1, -0.05) is 42.5 Å². The van der Waals surface area contributed by atoms with E-state index < -0.39 is 0 Å². The second-order valence-corrected chi connectivity index (χ2v) is 7.43. The van der Waals surface area contributed by atoms with Gasteiger partial charge in [0.05, 0.1) is 12.2 Å². The Labute approximate surface area is 157 Å². The molecule has 4 nitrogen and oxygen atoms in total. The molecule has 4 heteroatoms. The maximum atomic E-state index is 10.3. The Kier molecular flexibility index (Phi) is 7.44. The van der Waals surface area contributed by atoms with Crippen molar-refractivity contribution in [1.29, 1.82) is 0 Å². The lowest BCUT2D eigenvalue weighted by molar-refractivity contribution is 0.0676. The van der Waals surface area contributed by atoms with Gasteiger partial charge in [-0.25, -0.2) is 0 Å². The minimum absolute atomic E-state index is 0.342. The summed E-state index contributed by atoms with van der Waals surface area (Å²) in [6.45, 7) is 7.89. The first-order valence-electron chi connectivity index (χ1n) is 9.91. The van der Waals surface area contributed by atoms with Gasteiger partial charge in [-0.2, -0.15) is 0 Å². The van der Waals surface area contributed by atoms with Gasteiger partial charge in [0.2, 0.25) is 0 Å². The van der Waals surface area contributed by atoms with Crippen molar-refractivity contribution in [3.63, 3.8) is 0 Å². The van der Waals surface area contributed by atoms with Crippen LogP contribution in [0.5, 0.6) is 0 Å². The zero-order valence-corrected chi connectivity index (χ0v) is 15.9. The number of aliphatic hydroxyl groups is 1. The average molecular weight is 357 g/mol. The molecule has 3 rings (SSSR count). The summed E-state index contributed by atoms with van der Waals surface area (Å²) < 4.78 is 5.68. The Balaban J connectivity index is 1.34. The topological polar surface area (TPSA) is 44.7 Å². The van der Waals surface area contributed by atoms with Gasteiger partial charge in [-0.15, -0.1) is 0 Å². The molecule has 0 aliphatic carbocycles. The molecule has 2 unspecified atom stereocenters. The molecular weight excluding hydrogens is 324 g/mol. The van der Waals surface area contributed by atoms with E-state index in [-0.39, 0.29) is 6.10 Å². The lowest BCUT2D eigenvalue weighted by atomic mass is 10.0. The molecule has 1 aliphatic heterocycles. The van der Waals surface area contributed by atoms with Gasteiger partial charge in [0.15, 0.2) is 0 Å². The Morgan fingerprint density at radius 2 is 2.08 bits per heavy atom. The minimum atomic E-state index is -0.345. The van der Waals surface area contributed by atoms with E-state index in [2.05, 4.69) is 59.6 Å². The third-order valence-corrected chi connectivity index (χ3v) is 5.03. The summed E-state index contributed by atoms with van der Waals surface area (Å²) in [6, 6.07) is 14.8. The molecule has 26 heavy (non-hydrogen) atoms. The highest BCUT2D eigenvalue weighted by molar-refractivity contribution is 5.82. The molecule has 1 aliphatic rings. The lowest BCUT2D eigenvalue weighted by Gasteiger charge is -2.21. The highest BCUT2D eigenvalue weighted by atomic mass is 16.5. The van der Waals surface area contributed by atoms with Gasteiger partial charge >= 0.3 is 0 Å². The number of rotatable bonds is 8. The summed E-state index contributed by atoms with van der Waals surface area (Å²) in [6.07, 6.45) is 2.92. The van der Waals surface area contributed by atoms with Gasteiger partial charge in [-0.05, 0) is 55.6 Å². The van der Waals surface area contributed by atoms with Gasteiger partial charge in [0, 0.05) is 26.2 Å². The van der Waals surface area contributed by atoms with E-state index >= 15 is 0 Å². The number of nitrogens with zero attached hydrogens (tertiary/aromatic N) is 1. The van der Waals surface area contributed by atoms with E-state index in [1.165, 1.54) is 16.3 Å². The van der Waals surface area contributed by atoms with Crippen LogP contribution in [-0.4, -0.2) is 61.5 Å². The molecule has 0 bridgehead atoms. The van der Waals surface area contributed by atoms with Crippen molar-refractivity contribution in [3.05, 3.63) is 48.0 Å². The van der Waals surface area contributed by atoms with Gasteiger partial charge in [0.1, 0.15) is 0 Å². The van der Waals surface area contributed by atoms with Crippen molar-refractivity contribution >= 4 is 10.8 Å². The minimum Gasteiger partial charge on any atom is -0.391 e. The normalized spacial score (nSPS) is 20.2. The first-order valence-corrected chi connectivity index (χ1v) is 9.91. The molecule has 0 aromatic heterocycles. The van der Waals surface area contributed by atoms with Crippen molar-refractivity contribution in [2.24, 2.45) is 0 Å². The second kappa shape index (κ2) is 10.0. The van der Waals surface area contributed by atoms with E-state index in [0.717, 1.165) is 45.6 Å². The van der Waals surface area contributed by atoms with Crippen LogP contribution in [0, 0.1) is 0 Å². The van der Waals surface area contributed by atoms with E-state index in [4.69, 9.17) is 4.74 Å². The maximum absolute atomic E-state index is 10.3. The van der Waals surface area contributed by atoms with Crippen molar-refractivity contribution in [3.8, 4) is 0 Å². The fraction of sp³-hybridized carbons (Fsp3) is 0.545. The Morgan fingerprint density at radius 1 is 1.23 bits per heavy atom. The molecular formula is C22H32N2O2. The lowest BCUT2D eigenvalue weighted by Crippen LogP contribution is -2.34. The van der Waals surface area contributed by atoms with Gasteiger partial charge in [-0.3, -0.25) is 0 Å². The van der Waals surface area contributed by atoms with E-state index in [9.17, 15) is 5.11 Å². The molecule has 2 N–H and O–H groups in total. The van der Waals surface area contributed by atoms with E-state index in [1.807, 2.05) is 0 Å².